The Morgan fingerprint density at radius 2 is 1.30 bits per heavy atom. The van der Waals surface area contributed by atoms with E-state index in [4.69, 9.17) is 0 Å². The monoisotopic (exact) mass is 317 g/mol. The smallest absolute Gasteiger partial charge is 0.404 e. The molecule has 118 valence electrons. The summed E-state index contributed by atoms with van der Waals surface area (Å²) in [5.74, 6) is -4.49. The summed E-state index contributed by atoms with van der Waals surface area (Å²) in [6.07, 6.45) is -19.3. The second kappa shape index (κ2) is 5.22. The summed E-state index contributed by atoms with van der Waals surface area (Å²) >= 11 is 0. The predicted molar refractivity (Wildman–Crippen MR) is 44.8 cm³/mol. The van der Waals surface area contributed by atoms with Crippen LogP contribution in [0.25, 0.3) is 0 Å². The summed E-state index contributed by atoms with van der Waals surface area (Å²) in [4.78, 5) is 10.6. The maximum Gasteiger partial charge on any atom is 0.415 e. The number of carbonyl (C=O) groups is 1. The topological polar surface area (TPSA) is 38.8 Å². The highest BCUT2D eigenvalue weighted by molar-refractivity contribution is 5.69. The van der Waals surface area contributed by atoms with Crippen molar-refractivity contribution in [3.05, 3.63) is 0 Å². The van der Waals surface area contributed by atoms with Gasteiger partial charge in [0.05, 0.1) is 0 Å². The Kier molecular flexibility index (Phi) is 4.36. The van der Waals surface area contributed by atoms with Crippen molar-refractivity contribution in [2.75, 3.05) is 7.05 Å². The normalized spacial score (nSPS) is 22.1. The van der Waals surface area contributed by atoms with E-state index in [1.54, 1.807) is 0 Å². The zero-order valence-corrected chi connectivity index (χ0v) is 9.51. The Hall–Kier alpha value is -1.33. The number of halogens is 8. The first kappa shape index (κ1) is 16.7. The number of amides is 1. The predicted octanol–water partition coefficient (Wildman–Crippen LogP) is 2.54. The molecule has 0 N–H and O–H groups in total. The summed E-state index contributed by atoms with van der Waals surface area (Å²) in [6.45, 7) is 0. The maximum absolute atomic E-state index is 12.8. The third-order valence-electron chi connectivity index (χ3n) is 2.60. The maximum atomic E-state index is 12.8. The fraction of sp³-hybridized carbons (Fsp3) is 0.875. The Balaban J connectivity index is 3.41. The van der Waals surface area contributed by atoms with Crippen molar-refractivity contribution in [2.24, 2.45) is 0 Å². The van der Waals surface area contributed by atoms with Gasteiger partial charge in [-0.3, -0.25) is 9.64 Å². The van der Waals surface area contributed by atoms with E-state index in [0.29, 0.717) is 7.05 Å². The lowest BCUT2D eigenvalue weighted by Crippen LogP contribution is -2.73. The van der Waals surface area contributed by atoms with E-state index in [2.05, 4.69) is 9.47 Å². The van der Waals surface area contributed by atoms with Gasteiger partial charge in [-0.25, -0.2) is 39.9 Å². The molecule has 0 aromatic rings. The zero-order chi connectivity index (χ0) is 15.9. The van der Waals surface area contributed by atoms with Crippen molar-refractivity contribution >= 4 is 6.09 Å². The minimum Gasteiger partial charge on any atom is -0.404 e. The van der Waals surface area contributed by atoms with Crippen LogP contribution < -0.4 is 0 Å². The first-order chi connectivity index (χ1) is 9.02. The van der Waals surface area contributed by atoms with Crippen LogP contribution in [-0.4, -0.2) is 55.3 Å². The van der Waals surface area contributed by atoms with Crippen LogP contribution in [0.15, 0.2) is 0 Å². The van der Waals surface area contributed by atoms with Crippen LogP contribution in [0.3, 0.4) is 0 Å². The van der Waals surface area contributed by atoms with Gasteiger partial charge < -0.3 is 4.74 Å². The molecule has 0 aromatic heterocycles. The summed E-state index contributed by atoms with van der Waals surface area (Å²) in [7, 11) is 0.321. The van der Waals surface area contributed by atoms with E-state index in [0.717, 1.165) is 0 Å². The molecule has 1 heterocycles. The van der Waals surface area contributed by atoms with Crippen molar-refractivity contribution in [3.8, 4) is 0 Å². The average molecular weight is 317 g/mol. The van der Waals surface area contributed by atoms with Crippen LogP contribution in [0.2, 0.25) is 0 Å². The lowest BCUT2D eigenvalue weighted by Gasteiger charge is -2.49. The van der Waals surface area contributed by atoms with Crippen LogP contribution in [0.4, 0.5) is 39.9 Å². The molecule has 4 nitrogen and oxygen atoms in total. The van der Waals surface area contributed by atoms with Gasteiger partial charge in [0.1, 0.15) is 0 Å². The zero-order valence-electron chi connectivity index (χ0n) is 9.51. The van der Waals surface area contributed by atoms with E-state index in [9.17, 15) is 39.9 Å². The third kappa shape index (κ3) is 2.15. The van der Waals surface area contributed by atoms with Gasteiger partial charge in [0.2, 0.25) is 0 Å². The number of hydrogen-bond acceptors (Lipinski definition) is 3. The Labute approximate surface area is 106 Å². The molecule has 0 unspecified atom stereocenters. The van der Waals surface area contributed by atoms with Gasteiger partial charge in [0.15, 0.2) is 0 Å². The summed E-state index contributed by atoms with van der Waals surface area (Å²) in [5, 5.41) is 0. The van der Waals surface area contributed by atoms with E-state index < -0.39 is 48.2 Å². The Bertz CT molecular complexity index is 361. The fourth-order valence-electron chi connectivity index (χ4n) is 1.44. The molecule has 0 atom stereocenters. The SMILES string of the molecule is CN1C(=O)OC(C(F)F)(C(F)F)OC1(C(F)F)C(F)F. The van der Waals surface area contributed by atoms with E-state index in [1.807, 2.05) is 0 Å². The van der Waals surface area contributed by atoms with Crippen LogP contribution in [0.5, 0.6) is 0 Å². The van der Waals surface area contributed by atoms with Gasteiger partial charge >= 0.3 is 24.7 Å². The molecule has 12 heteroatoms. The quantitative estimate of drug-likeness (QED) is 0.748. The van der Waals surface area contributed by atoms with Gasteiger partial charge in [-0.05, 0) is 0 Å². The molecule has 1 fully saturated rings. The molecular weight excluding hydrogens is 310 g/mol. The standard InChI is InChI=1S/C8H7F8NO3/c1-17-6(18)19-8(4(13)14,5(15)16)20-7(17,2(9)10)3(11)12/h2-5H,1H3. The lowest BCUT2D eigenvalue weighted by atomic mass is 10.1. The number of nitrogens with zero attached hydrogens (tertiary/aromatic N) is 1. The minimum atomic E-state index is -4.49. The van der Waals surface area contributed by atoms with Crippen molar-refractivity contribution in [3.63, 3.8) is 0 Å². The second-order valence-corrected chi connectivity index (χ2v) is 3.71. The van der Waals surface area contributed by atoms with Crippen molar-refractivity contribution < 1.29 is 49.4 Å². The van der Waals surface area contributed by atoms with Crippen LogP contribution in [-0.2, 0) is 9.47 Å². The summed E-state index contributed by atoms with van der Waals surface area (Å²) in [6, 6.07) is 0. The molecule has 1 aliphatic rings. The molecule has 1 amide bonds. The fourth-order valence-corrected chi connectivity index (χ4v) is 1.44. The number of alkyl halides is 8. The van der Waals surface area contributed by atoms with Crippen LogP contribution in [0, 0.1) is 0 Å². The largest absolute Gasteiger partial charge is 0.415 e. The molecule has 0 aliphatic carbocycles. The van der Waals surface area contributed by atoms with Gasteiger partial charge in [-0.2, -0.15) is 0 Å². The molecule has 0 aromatic carbocycles. The number of carbonyl (C=O) groups excluding carboxylic acids is 1. The van der Waals surface area contributed by atoms with Crippen molar-refractivity contribution in [1.82, 2.24) is 4.90 Å². The van der Waals surface area contributed by atoms with Crippen LogP contribution in [0.1, 0.15) is 0 Å². The van der Waals surface area contributed by atoms with E-state index in [1.165, 1.54) is 0 Å². The minimum absolute atomic E-state index is 0.321. The molecule has 0 radical (unpaired) electrons. The van der Waals surface area contributed by atoms with Crippen LogP contribution >= 0.6 is 0 Å². The molecule has 1 saturated heterocycles. The highest BCUT2D eigenvalue weighted by Gasteiger charge is 2.70. The first-order valence-corrected chi connectivity index (χ1v) is 4.82. The molecule has 1 rings (SSSR count). The van der Waals surface area contributed by atoms with E-state index in [-0.39, 0.29) is 0 Å². The highest BCUT2D eigenvalue weighted by Crippen LogP contribution is 2.44. The number of ether oxygens (including phenoxy) is 2. The number of hydrogen-bond donors (Lipinski definition) is 0. The summed E-state index contributed by atoms with van der Waals surface area (Å²) in [5.41, 5.74) is -4.26. The lowest BCUT2D eigenvalue weighted by molar-refractivity contribution is -0.432. The highest BCUT2D eigenvalue weighted by atomic mass is 19.3. The van der Waals surface area contributed by atoms with Gasteiger partial charge in [-0.15, -0.1) is 0 Å². The summed E-state index contributed by atoms with van der Waals surface area (Å²) < 4.78 is 109. The van der Waals surface area contributed by atoms with Crippen molar-refractivity contribution in [2.45, 2.75) is 37.2 Å². The Morgan fingerprint density at radius 3 is 1.60 bits per heavy atom. The average Bonchev–Trinajstić information content (AvgIpc) is 2.30. The van der Waals surface area contributed by atoms with Gasteiger partial charge in [0, 0.05) is 7.05 Å². The molecule has 0 saturated carbocycles. The second-order valence-electron chi connectivity index (χ2n) is 3.71. The van der Waals surface area contributed by atoms with Gasteiger partial charge in [-0.1, -0.05) is 0 Å². The molecule has 1 aliphatic heterocycles. The molecule has 0 bridgehead atoms. The van der Waals surface area contributed by atoms with Gasteiger partial charge in [0.25, 0.3) is 18.6 Å². The third-order valence-corrected chi connectivity index (χ3v) is 2.60. The molecular formula is C8H7F8NO3. The molecule has 20 heavy (non-hydrogen) atoms. The number of cyclic esters (lactones) is 1. The van der Waals surface area contributed by atoms with E-state index >= 15 is 0 Å². The molecule has 0 spiro atoms. The number of rotatable bonds is 4. The Morgan fingerprint density at radius 1 is 0.900 bits per heavy atom. The first-order valence-electron chi connectivity index (χ1n) is 4.82. The van der Waals surface area contributed by atoms with Crippen molar-refractivity contribution in [1.29, 1.82) is 0 Å².